The van der Waals surface area contributed by atoms with Crippen LogP contribution in [0.5, 0.6) is 0 Å². The zero-order valence-corrected chi connectivity index (χ0v) is 28.3. The Bertz CT molecular complexity index is 1460. The molecule has 49 heavy (non-hydrogen) atoms. The zero-order chi connectivity index (χ0) is 34.4. The average Bonchev–Trinajstić information content (AvgIpc) is 3.60. The number of urea groups is 1. The third-order valence-corrected chi connectivity index (χ3v) is 9.60. The summed E-state index contributed by atoms with van der Waals surface area (Å²) < 4.78 is 6.75. The molecule has 1 aromatic carbocycles. The smallest absolute Gasteiger partial charge is 0.318 e. The number of carbonyl (C=O) groups excluding carboxylic acids is 3. The van der Waals surface area contributed by atoms with E-state index in [0.717, 1.165) is 49.8 Å². The molecular weight excluding hydrogens is 622 g/mol. The number of amides is 3. The van der Waals surface area contributed by atoms with Crippen LogP contribution in [-0.4, -0.2) is 92.9 Å². The van der Waals surface area contributed by atoms with Gasteiger partial charge in [-0.3, -0.25) is 19.1 Å². The van der Waals surface area contributed by atoms with Crippen LogP contribution in [0.25, 0.3) is 0 Å². The van der Waals surface area contributed by atoms with Gasteiger partial charge in [-0.2, -0.15) is 0 Å². The second-order valence-electron chi connectivity index (χ2n) is 13.3. The molecule has 0 bridgehead atoms. The summed E-state index contributed by atoms with van der Waals surface area (Å²) >= 11 is 0. The quantitative estimate of drug-likeness (QED) is 0.191. The fraction of sp³-hybridized carbons (Fsp3) is 0.541. The van der Waals surface area contributed by atoms with Crippen molar-refractivity contribution >= 4 is 17.8 Å². The van der Waals surface area contributed by atoms with Gasteiger partial charge in [0.25, 0.3) is 0 Å². The Morgan fingerprint density at radius 2 is 1.69 bits per heavy atom. The molecule has 2 fully saturated rings. The summed E-state index contributed by atoms with van der Waals surface area (Å²) in [6.07, 6.45) is 12.7. The van der Waals surface area contributed by atoms with E-state index in [1.165, 1.54) is 17.3 Å². The minimum absolute atomic E-state index is 0.0576. The Kier molecular flexibility index (Phi) is 13.7. The van der Waals surface area contributed by atoms with Gasteiger partial charge in [-0.1, -0.05) is 68.5 Å². The number of rotatable bonds is 15. The SMILES string of the molecule is N[C@@H](Cc1ccccc1)C(=O)n1cnc(C[C@H](NC(=O)N2CCOCC2)C(=O)N[C@@H](CC2CCCCC2)[C@@H](O)CCCc2ccccn2)c1. The summed E-state index contributed by atoms with van der Waals surface area (Å²) in [5, 5.41) is 17.5. The Labute approximate surface area is 288 Å². The highest BCUT2D eigenvalue weighted by atomic mass is 16.5. The highest BCUT2D eigenvalue weighted by Gasteiger charge is 2.31. The summed E-state index contributed by atoms with van der Waals surface area (Å²) in [7, 11) is 0. The number of nitrogens with two attached hydrogens (primary N) is 1. The number of morpholine rings is 1. The molecule has 1 aliphatic carbocycles. The third kappa shape index (κ3) is 11.2. The lowest BCUT2D eigenvalue weighted by molar-refractivity contribution is -0.124. The van der Waals surface area contributed by atoms with Gasteiger partial charge in [0.1, 0.15) is 12.4 Å². The Hall–Kier alpha value is -4.13. The van der Waals surface area contributed by atoms with Crippen molar-refractivity contribution in [2.45, 2.75) is 94.9 Å². The number of aromatic nitrogens is 3. The fourth-order valence-electron chi connectivity index (χ4n) is 6.78. The first-order valence-corrected chi connectivity index (χ1v) is 17.7. The molecule has 5 rings (SSSR count). The van der Waals surface area contributed by atoms with Crippen LogP contribution in [-0.2, 0) is 28.8 Å². The summed E-state index contributed by atoms with van der Waals surface area (Å²) in [6.45, 7) is 1.69. The molecule has 1 saturated heterocycles. The lowest BCUT2D eigenvalue weighted by atomic mass is 9.83. The van der Waals surface area contributed by atoms with E-state index in [2.05, 4.69) is 20.6 Å². The Morgan fingerprint density at radius 1 is 0.939 bits per heavy atom. The van der Waals surface area contributed by atoms with Gasteiger partial charge >= 0.3 is 6.03 Å². The number of hydrogen-bond donors (Lipinski definition) is 4. The van der Waals surface area contributed by atoms with Gasteiger partial charge in [-0.15, -0.1) is 0 Å². The average molecular weight is 674 g/mol. The number of ether oxygens (including phenoxy) is 1. The normalized spacial score (nSPS) is 17.9. The lowest BCUT2D eigenvalue weighted by Gasteiger charge is -2.32. The van der Waals surface area contributed by atoms with Gasteiger partial charge in [0.15, 0.2) is 0 Å². The summed E-state index contributed by atoms with van der Waals surface area (Å²) in [5.41, 5.74) is 8.63. The molecule has 3 aromatic rings. The van der Waals surface area contributed by atoms with Crippen LogP contribution >= 0.6 is 0 Å². The highest BCUT2D eigenvalue weighted by molar-refractivity contribution is 5.88. The molecule has 1 aliphatic heterocycles. The third-order valence-electron chi connectivity index (χ3n) is 9.60. The molecule has 0 spiro atoms. The van der Waals surface area contributed by atoms with Gasteiger partial charge in [-0.05, 0) is 55.7 Å². The second kappa shape index (κ2) is 18.6. The first-order chi connectivity index (χ1) is 23.9. The van der Waals surface area contributed by atoms with Gasteiger partial charge in [0.05, 0.1) is 37.1 Å². The first kappa shape index (κ1) is 36.2. The van der Waals surface area contributed by atoms with E-state index in [4.69, 9.17) is 10.5 Å². The summed E-state index contributed by atoms with van der Waals surface area (Å²) in [6, 6.07) is 12.8. The number of carbonyl (C=O) groups is 3. The van der Waals surface area contributed by atoms with E-state index < -0.39 is 30.1 Å². The number of aliphatic hydroxyl groups excluding tert-OH is 1. The highest BCUT2D eigenvalue weighted by Crippen LogP contribution is 2.29. The van der Waals surface area contributed by atoms with Crippen molar-refractivity contribution in [1.82, 2.24) is 30.1 Å². The van der Waals surface area contributed by atoms with E-state index in [-0.39, 0.29) is 18.4 Å². The van der Waals surface area contributed by atoms with E-state index >= 15 is 0 Å². The molecule has 0 radical (unpaired) electrons. The number of benzene rings is 1. The number of nitrogens with zero attached hydrogens (tertiary/aromatic N) is 4. The number of aliphatic hydroxyl groups is 1. The van der Waals surface area contributed by atoms with Crippen LogP contribution in [0.1, 0.15) is 73.1 Å². The maximum absolute atomic E-state index is 14.1. The van der Waals surface area contributed by atoms with Gasteiger partial charge in [0.2, 0.25) is 11.8 Å². The van der Waals surface area contributed by atoms with Crippen molar-refractivity contribution in [2.24, 2.45) is 11.7 Å². The molecule has 1 saturated carbocycles. The Balaban J connectivity index is 1.28. The van der Waals surface area contributed by atoms with Crippen LogP contribution in [0.3, 0.4) is 0 Å². The van der Waals surface area contributed by atoms with E-state index in [0.29, 0.717) is 57.2 Å². The topological polar surface area (TPSA) is 165 Å². The zero-order valence-electron chi connectivity index (χ0n) is 28.3. The number of nitrogens with one attached hydrogen (secondary N) is 2. The molecule has 3 amide bonds. The molecule has 12 nitrogen and oxygen atoms in total. The fourth-order valence-corrected chi connectivity index (χ4v) is 6.78. The molecule has 264 valence electrons. The summed E-state index contributed by atoms with van der Waals surface area (Å²) in [4.78, 5) is 51.0. The molecule has 5 N–H and O–H groups in total. The monoisotopic (exact) mass is 673 g/mol. The largest absolute Gasteiger partial charge is 0.391 e. The lowest BCUT2D eigenvalue weighted by Crippen LogP contribution is -2.57. The first-order valence-electron chi connectivity index (χ1n) is 17.7. The van der Waals surface area contributed by atoms with Crippen molar-refractivity contribution in [2.75, 3.05) is 26.3 Å². The number of aryl methyl sites for hydroxylation is 1. The minimum Gasteiger partial charge on any atom is -0.391 e. The van der Waals surface area contributed by atoms with Crippen LogP contribution in [0.15, 0.2) is 67.3 Å². The number of hydrogen-bond acceptors (Lipinski definition) is 8. The maximum Gasteiger partial charge on any atom is 0.318 e. The predicted octanol–water partition coefficient (Wildman–Crippen LogP) is 3.28. The van der Waals surface area contributed by atoms with Crippen LogP contribution in [0.4, 0.5) is 4.79 Å². The van der Waals surface area contributed by atoms with Crippen LogP contribution in [0.2, 0.25) is 0 Å². The molecular formula is C37H51N7O5. The van der Waals surface area contributed by atoms with Crippen molar-refractivity contribution in [3.8, 4) is 0 Å². The molecule has 2 aromatic heterocycles. The van der Waals surface area contributed by atoms with E-state index in [1.54, 1.807) is 17.3 Å². The van der Waals surface area contributed by atoms with Crippen LogP contribution < -0.4 is 16.4 Å². The molecule has 4 atom stereocenters. The minimum atomic E-state index is -0.985. The molecule has 12 heteroatoms. The van der Waals surface area contributed by atoms with E-state index in [9.17, 15) is 19.5 Å². The second-order valence-corrected chi connectivity index (χ2v) is 13.3. The maximum atomic E-state index is 14.1. The van der Waals surface area contributed by atoms with E-state index in [1.807, 2.05) is 48.5 Å². The molecule has 3 heterocycles. The van der Waals surface area contributed by atoms with Crippen molar-refractivity contribution in [3.63, 3.8) is 0 Å². The predicted molar refractivity (Wildman–Crippen MR) is 186 cm³/mol. The van der Waals surface area contributed by atoms with Crippen molar-refractivity contribution < 1.29 is 24.2 Å². The van der Waals surface area contributed by atoms with Crippen LogP contribution in [0, 0.1) is 5.92 Å². The van der Waals surface area contributed by atoms with Crippen molar-refractivity contribution in [1.29, 1.82) is 0 Å². The number of pyridine rings is 1. The van der Waals surface area contributed by atoms with Gasteiger partial charge in [-0.25, -0.2) is 9.78 Å². The standard InChI is InChI=1S/C37H51N7O5/c38-31(22-27-10-3-1-4-11-27)36(47)44-25-30(40-26-44)24-33(42-37(48)43-18-20-49-21-19-43)35(46)41-32(23-28-12-5-2-6-13-28)34(45)16-9-15-29-14-7-8-17-39-29/h1,3-4,7-8,10-11,14,17,25-26,28,31-34,45H,2,5-6,9,12-13,15-16,18-24,38H2,(H,41,46)(H,42,48)/t31-,32-,33-,34-/m0/s1. The summed E-state index contributed by atoms with van der Waals surface area (Å²) in [5.74, 6) is -0.303. The molecule has 0 unspecified atom stereocenters. The molecule has 2 aliphatic rings. The number of imidazole rings is 1. The van der Waals surface area contributed by atoms with Crippen molar-refractivity contribution in [3.05, 3.63) is 84.2 Å². The Morgan fingerprint density at radius 3 is 2.43 bits per heavy atom. The van der Waals surface area contributed by atoms with Gasteiger partial charge in [0, 0.05) is 37.6 Å². The van der Waals surface area contributed by atoms with Gasteiger partial charge < -0.3 is 31.1 Å².